The number of carbonyl (C=O) groups excluding carboxylic acids is 1. The Hall–Kier alpha value is -1.35. The molecule has 3 nitrogen and oxygen atoms in total. The Balaban J connectivity index is 1.91. The molecule has 1 aromatic rings. The Labute approximate surface area is 115 Å². The van der Waals surface area contributed by atoms with Crippen LogP contribution < -0.4 is 5.73 Å². The minimum atomic E-state index is -0.235. The minimum Gasteiger partial charge on any atom is -0.462 e. The van der Waals surface area contributed by atoms with Crippen LogP contribution in [0.3, 0.4) is 0 Å². The second-order valence-corrected chi connectivity index (χ2v) is 5.61. The van der Waals surface area contributed by atoms with Crippen LogP contribution in [0, 0.1) is 19.8 Å². The molecule has 0 aromatic heterocycles. The third-order valence-corrected chi connectivity index (χ3v) is 4.14. The van der Waals surface area contributed by atoms with E-state index in [-0.39, 0.29) is 12.0 Å². The SMILES string of the molecule is Cc1ccc(C(=O)OC[C@@H]2CCCC[C@H]2N)cc1C. The summed E-state index contributed by atoms with van der Waals surface area (Å²) >= 11 is 0. The largest absolute Gasteiger partial charge is 0.462 e. The topological polar surface area (TPSA) is 52.3 Å². The Morgan fingerprint density at radius 2 is 2.00 bits per heavy atom. The van der Waals surface area contributed by atoms with Gasteiger partial charge in [-0.05, 0) is 49.9 Å². The summed E-state index contributed by atoms with van der Waals surface area (Å²) in [5.41, 5.74) is 8.99. The molecule has 2 N–H and O–H groups in total. The standard InChI is InChI=1S/C16H23NO2/c1-11-7-8-13(9-12(11)2)16(18)19-10-14-5-3-4-6-15(14)17/h7-9,14-15H,3-6,10,17H2,1-2H3/t14-,15+/m0/s1. The van der Waals surface area contributed by atoms with Crippen molar-refractivity contribution >= 4 is 5.97 Å². The lowest BCUT2D eigenvalue weighted by atomic mass is 9.86. The molecule has 1 aliphatic carbocycles. The summed E-state index contributed by atoms with van der Waals surface area (Å²) in [5, 5.41) is 0. The van der Waals surface area contributed by atoms with Crippen molar-refractivity contribution in [2.24, 2.45) is 11.7 Å². The molecule has 0 bridgehead atoms. The van der Waals surface area contributed by atoms with E-state index in [4.69, 9.17) is 10.5 Å². The van der Waals surface area contributed by atoms with Gasteiger partial charge in [-0.25, -0.2) is 4.79 Å². The van der Waals surface area contributed by atoms with E-state index in [0.29, 0.717) is 18.1 Å². The Morgan fingerprint density at radius 1 is 1.26 bits per heavy atom. The van der Waals surface area contributed by atoms with Crippen LogP contribution >= 0.6 is 0 Å². The normalized spacial score (nSPS) is 23.1. The lowest BCUT2D eigenvalue weighted by molar-refractivity contribution is 0.0392. The van der Waals surface area contributed by atoms with Gasteiger partial charge in [-0.2, -0.15) is 0 Å². The number of hydrogen-bond acceptors (Lipinski definition) is 3. The van der Waals surface area contributed by atoms with Crippen molar-refractivity contribution in [1.29, 1.82) is 0 Å². The molecule has 1 aliphatic rings. The zero-order valence-electron chi connectivity index (χ0n) is 11.8. The zero-order chi connectivity index (χ0) is 13.8. The highest BCUT2D eigenvalue weighted by Gasteiger charge is 2.23. The van der Waals surface area contributed by atoms with E-state index < -0.39 is 0 Å². The number of carbonyl (C=O) groups is 1. The molecule has 19 heavy (non-hydrogen) atoms. The minimum absolute atomic E-state index is 0.182. The quantitative estimate of drug-likeness (QED) is 0.851. The molecule has 2 atom stereocenters. The molecule has 0 amide bonds. The van der Waals surface area contributed by atoms with Crippen molar-refractivity contribution in [2.45, 2.75) is 45.6 Å². The number of ether oxygens (including phenoxy) is 1. The maximum atomic E-state index is 12.0. The molecule has 104 valence electrons. The fourth-order valence-corrected chi connectivity index (χ4v) is 2.58. The Bertz CT molecular complexity index is 456. The van der Waals surface area contributed by atoms with E-state index in [2.05, 4.69) is 0 Å². The number of benzene rings is 1. The molecular weight excluding hydrogens is 238 g/mol. The van der Waals surface area contributed by atoms with Gasteiger partial charge in [0, 0.05) is 12.0 Å². The lowest BCUT2D eigenvalue weighted by Gasteiger charge is -2.27. The number of rotatable bonds is 3. The van der Waals surface area contributed by atoms with Gasteiger partial charge in [0.25, 0.3) is 0 Å². The summed E-state index contributed by atoms with van der Waals surface area (Å²) in [5.74, 6) is 0.0881. The molecule has 3 heteroatoms. The summed E-state index contributed by atoms with van der Waals surface area (Å²) in [4.78, 5) is 12.0. The first-order valence-electron chi connectivity index (χ1n) is 7.08. The van der Waals surface area contributed by atoms with Gasteiger partial charge < -0.3 is 10.5 Å². The van der Waals surface area contributed by atoms with E-state index in [0.717, 1.165) is 18.4 Å². The highest BCUT2D eigenvalue weighted by molar-refractivity contribution is 5.89. The first kappa shape index (κ1) is 14.1. The van der Waals surface area contributed by atoms with Crippen molar-refractivity contribution in [2.75, 3.05) is 6.61 Å². The van der Waals surface area contributed by atoms with Gasteiger partial charge in [0.2, 0.25) is 0 Å². The summed E-state index contributed by atoms with van der Waals surface area (Å²) in [6.07, 6.45) is 4.51. The van der Waals surface area contributed by atoms with E-state index in [1.165, 1.54) is 18.4 Å². The maximum Gasteiger partial charge on any atom is 0.338 e. The first-order valence-corrected chi connectivity index (χ1v) is 7.08. The van der Waals surface area contributed by atoms with E-state index in [9.17, 15) is 4.79 Å². The van der Waals surface area contributed by atoms with Gasteiger partial charge in [-0.15, -0.1) is 0 Å². The van der Waals surface area contributed by atoms with Crippen molar-refractivity contribution in [3.63, 3.8) is 0 Å². The van der Waals surface area contributed by atoms with Gasteiger partial charge >= 0.3 is 5.97 Å². The highest BCUT2D eigenvalue weighted by Crippen LogP contribution is 2.23. The third kappa shape index (κ3) is 3.57. The van der Waals surface area contributed by atoms with Crippen LogP contribution in [0.2, 0.25) is 0 Å². The smallest absolute Gasteiger partial charge is 0.338 e. The van der Waals surface area contributed by atoms with Crippen LogP contribution in [0.15, 0.2) is 18.2 Å². The van der Waals surface area contributed by atoms with Crippen LogP contribution in [-0.2, 0) is 4.74 Å². The van der Waals surface area contributed by atoms with E-state index in [1.54, 1.807) is 0 Å². The molecule has 0 radical (unpaired) electrons. The average Bonchev–Trinajstić information content (AvgIpc) is 2.40. The van der Waals surface area contributed by atoms with Crippen LogP contribution in [0.5, 0.6) is 0 Å². The van der Waals surface area contributed by atoms with E-state index >= 15 is 0 Å². The van der Waals surface area contributed by atoms with Crippen LogP contribution in [0.4, 0.5) is 0 Å². The summed E-state index contributed by atoms with van der Waals surface area (Å²) in [7, 11) is 0. The van der Waals surface area contributed by atoms with Gasteiger partial charge in [-0.3, -0.25) is 0 Å². The molecule has 0 heterocycles. The molecule has 1 fully saturated rings. The second kappa shape index (κ2) is 6.20. The maximum absolute atomic E-state index is 12.0. The molecular formula is C16H23NO2. The van der Waals surface area contributed by atoms with Crippen molar-refractivity contribution in [3.05, 3.63) is 34.9 Å². The Morgan fingerprint density at radius 3 is 2.68 bits per heavy atom. The lowest BCUT2D eigenvalue weighted by Crippen LogP contribution is -2.36. The fraction of sp³-hybridized carbons (Fsp3) is 0.562. The van der Waals surface area contributed by atoms with Gasteiger partial charge in [0.15, 0.2) is 0 Å². The number of nitrogens with two attached hydrogens (primary N) is 1. The summed E-state index contributed by atoms with van der Waals surface area (Å²) < 4.78 is 5.41. The molecule has 1 aromatic carbocycles. The predicted molar refractivity (Wildman–Crippen MR) is 76.1 cm³/mol. The molecule has 0 spiro atoms. The molecule has 0 saturated heterocycles. The fourth-order valence-electron chi connectivity index (χ4n) is 2.58. The summed E-state index contributed by atoms with van der Waals surface area (Å²) in [6.45, 7) is 4.49. The average molecular weight is 261 g/mol. The van der Waals surface area contributed by atoms with Gasteiger partial charge in [-0.1, -0.05) is 18.9 Å². The number of esters is 1. The van der Waals surface area contributed by atoms with Crippen LogP contribution in [0.25, 0.3) is 0 Å². The zero-order valence-corrected chi connectivity index (χ0v) is 11.8. The number of aryl methyl sites for hydroxylation is 2. The predicted octanol–water partition coefficient (Wildman–Crippen LogP) is 2.98. The molecule has 1 saturated carbocycles. The van der Waals surface area contributed by atoms with Crippen LogP contribution in [-0.4, -0.2) is 18.6 Å². The molecule has 0 unspecified atom stereocenters. The van der Waals surface area contributed by atoms with Crippen molar-refractivity contribution in [3.8, 4) is 0 Å². The highest BCUT2D eigenvalue weighted by atomic mass is 16.5. The molecule has 0 aliphatic heterocycles. The van der Waals surface area contributed by atoms with Crippen molar-refractivity contribution < 1.29 is 9.53 Å². The van der Waals surface area contributed by atoms with Crippen LogP contribution in [0.1, 0.15) is 47.2 Å². The van der Waals surface area contributed by atoms with E-state index in [1.807, 2.05) is 32.0 Å². The monoisotopic (exact) mass is 261 g/mol. The van der Waals surface area contributed by atoms with Gasteiger partial charge in [0.05, 0.1) is 12.2 Å². The second-order valence-electron chi connectivity index (χ2n) is 5.61. The molecule has 2 rings (SSSR count). The summed E-state index contributed by atoms with van der Waals surface area (Å²) in [6, 6.07) is 5.85. The Kier molecular flexibility index (Phi) is 4.59. The number of hydrogen-bond donors (Lipinski definition) is 1. The third-order valence-electron chi connectivity index (χ3n) is 4.14. The van der Waals surface area contributed by atoms with Gasteiger partial charge in [0.1, 0.15) is 0 Å². The van der Waals surface area contributed by atoms with Crippen molar-refractivity contribution in [1.82, 2.24) is 0 Å². The first-order chi connectivity index (χ1) is 9.08.